The zero-order valence-electron chi connectivity index (χ0n) is 18.8. The Balaban J connectivity index is 1.63. The number of aliphatic hydroxyl groups is 1. The van der Waals surface area contributed by atoms with E-state index in [-0.39, 0.29) is 23.9 Å². The zero-order chi connectivity index (χ0) is 24.2. The lowest BCUT2D eigenvalue weighted by atomic mass is 10.0. The van der Waals surface area contributed by atoms with Crippen LogP contribution in [0.2, 0.25) is 10.0 Å². The Hall–Kier alpha value is -2.86. The van der Waals surface area contributed by atoms with Crippen LogP contribution in [0.15, 0.2) is 66.7 Å². The summed E-state index contributed by atoms with van der Waals surface area (Å²) < 4.78 is 0. The third-order valence-electron chi connectivity index (χ3n) is 5.86. The molecule has 2 amide bonds. The normalized spacial score (nSPS) is 13.9. The van der Waals surface area contributed by atoms with E-state index in [9.17, 15) is 14.7 Å². The fourth-order valence-electron chi connectivity index (χ4n) is 3.91. The molecular weight excluding hydrogens is 471 g/mol. The smallest absolute Gasteiger partial charge is 0.256 e. The lowest BCUT2D eigenvalue weighted by Crippen LogP contribution is -2.35. The molecule has 1 saturated carbocycles. The minimum absolute atomic E-state index is 0.0524. The van der Waals surface area contributed by atoms with Gasteiger partial charge in [-0.1, -0.05) is 59.6 Å². The number of halogens is 2. The van der Waals surface area contributed by atoms with E-state index in [4.69, 9.17) is 23.2 Å². The summed E-state index contributed by atoms with van der Waals surface area (Å²) in [5.41, 5.74) is 3.55. The molecule has 0 spiro atoms. The van der Waals surface area contributed by atoms with E-state index >= 15 is 0 Å². The van der Waals surface area contributed by atoms with Crippen molar-refractivity contribution in [3.63, 3.8) is 0 Å². The van der Waals surface area contributed by atoms with Gasteiger partial charge in [-0.25, -0.2) is 0 Å². The molecule has 176 valence electrons. The van der Waals surface area contributed by atoms with Gasteiger partial charge in [0.25, 0.3) is 5.91 Å². The molecule has 3 aromatic rings. The van der Waals surface area contributed by atoms with E-state index in [0.717, 1.165) is 5.56 Å². The van der Waals surface area contributed by atoms with Crippen LogP contribution in [0.4, 0.5) is 5.69 Å². The van der Waals surface area contributed by atoms with E-state index in [2.05, 4.69) is 17.4 Å². The maximum absolute atomic E-state index is 13.7. The van der Waals surface area contributed by atoms with Crippen molar-refractivity contribution in [3.8, 4) is 0 Å². The number of rotatable bonds is 8. The van der Waals surface area contributed by atoms with Crippen LogP contribution < -0.4 is 5.32 Å². The summed E-state index contributed by atoms with van der Waals surface area (Å²) in [6.07, 6.45) is 1.52. The molecule has 0 unspecified atom stereocenters. The summed E-state index contributed by atoms with van der Waals surface area (Å²) in [6, 6.07) is 19.9. The molecule has 0 radical (unpaired) electrons. The number of carbonyl (C=O) groups is 2. The second kappa shape index (κ2) is 10.6. The van der Waals surface area contributed by atoms with Gasteiger partial charge < -0.3 is 15.3 Å². The lowest BCUT2D eigenvalue weighted by Gasteiger charge is -2.27. The molecule has 0 heterocycles. The van der Waals surface area contributed by atoms with Crippen LogP contribution in [-0.2, 0) is 11.3 Å². The van der Waals surface area contributed by atoms with Gasteiger partial charge in [-0.2, -0.15) is 0 Å². The van der Waals surface area contributed by atoms with Crippen molar-refractivity contribution in [1.29, 1.82) is 0 Å². The van der Waals surface area contributed by atoms with Crippen molar-refractivity contribution in [2.75, 3.05) is 11.9 Å². The molecule has 0 aromatic heterocycles. The van der Waals surface area contributed by atoms with Crippen molar-refractivity contribution in [2.45, 2.75) is 38.3 Å². The Bertz CT molecular complexity index is 1180. The Kier molecular flexibility index (Phi) is 7.57. The molecule has 0 saturated heterocycles. The van der Waals surface area contributed by atoms with Gasteiger partial charge in [0.05, 0.1) is 23.9 Å². The summed E-state index contributed by atoms with van der Waals surface area (Å²) in [6.45, 7) is 1.73. The third-order valence-corrected chi connectivity index (χ3v) is 6.35. The topological polar surface area (TPSA) is 69.6 Å². The first-order valence-corrected chi connectivity index (χ1v) is 11.9. The van der Waals surface area contributed by atoms with Crippen LogP contribution in [0, 0.1) is 0 Å². The monoisotopic (exact) mass is 496 g/mol. The molecule has 0 bridgehead atoms. The molecule has 5 nitrogen and oxygen atoms in total. The van der Waals surface area contributed by atoms with Gasteiger partial charge >= 0.3 is 0 Å². The van der Waals surface area contributed by atoms with Crippen molar-refractivity contribution >= 4 is 40.7 Å². The van der Waals surface area contributed by atoms with Gasteiger partial charge in [0.2, 0.25) is 5.91 Å². The van der Waals surface area contributed by atoms with Crippen LogP contribution in [0.5, 0.6) is 0 Å². The molecule has 0 aliphatic heterocycles. The zero-order valence-corrected chi connectivity index (χ0v) is 20.3. The van der Waals surface area contributed by atoms with Gasteiger partial charge in [-0.15, -0.1) is 0 Å². The minimum atomic E-state index is -0.921. The summed E-state index contributed by atoms with van der Waals surface area (Å²) in [5, 5.41) is 14.6. The minimum Gasteiger partial charge on any atom is -0.387 e. The molecule has 1 aliphatic carbocycles. The quantitative estimate of drug-likeness (QED) is 0.389. The second-order valence-corrected chi connectivity index (χ2v) is 9.51. The van der Waals surface area contributed by atoms with Crippen molar-refractivity contribution in [1.82, 2.24) is 4.90 Å². The van der Waals surface area contributed by atoms with E-state index in [0.29, 0.717) is 33.8 Å². The fourth-order valence-corrected chi connectivity index (χ4v) is 4.21. The van der Waals surface area contributed by atoms with Crippen LogP contribution in [0.1, 0.15) is 58.8 Å². The standard InChI is InChI=1S/C27H26Cl2N2O3/c1-17(32)30-25-13-12-23(29)14-24(25)27(34)31(16-26(33)21-8-10-22(28)11-9-21)15-18-2-4-19(5-3-18)20-6-7-20/h2-5,8-14,20,26,33H,6-7,15-16H2,1H3,(H,30,32)/t26-/m0/s1. The highest BCUT2D eigenvalue weighted by Gasteiger charge is 2.25. The number of aliphatic hydroxyl groups excluding tert-OH is 1. The molecule has 1 aliphatic rings. The fraction of sp³-hybridized carbons (Fsp3) is 0.259. The molecule has 2 N–H and O–H groups in total. The Labute approximate surface area is 209 Å². The summed E-state index contributed by atoms with van der Waals surface area (Å²) in [4.78, 5) is 27.0. The number of nitrogens with zero attached hydrogens (tertiary/aromatic N) is 1. The molecule has 4 rings (SSSR count). The van der Waals surface area contributed by atoms with Crippen LogP contribution >= 0.6 is 23.2 Å². The molecule has 1 fully saturated rings. The van der Waals surface area contributed by atoms with Crippen molar-refractivity contribution in [2.24, 2.45) is 0 Å². The number of nitrogens with one attached hydrogen (secondary N) is 1. The average Bonchev–Trinajstić information content (AvgIpc) is 3.65. The van der Waals surface area contributed by atoms with Crippen LogP contribution in [-0.4, -0.2) is 28.4 Å². The number of hydrogen-bond donors (Lipinski definition) is 2. The Morgan fingerprint density at radius 2 is 1.65 bits per heavy atom. The Morgan fingerprint density at radius 1 is 1.00 bits per heavy atom. The maximum Gasteiger partial charge on any atom is 0.256 e. The summed E-state index contributed by atoms with van der Waals surface area (Å²) in [7, 11) is 0. The van der Waals surface area contributed by atoms with Crippen LogP contribution in [0.25, 0.3) is 0 Å². The van der Waals surface area contributed by atoms with E-state index < -0.39 is 6.10 Å². The van der Waals surface area contributed by atoms with Gasteiger partial charge in [-0.3, -0.25) is 9.59 Å². The van der Waals surface area contributed by atoms with Gasteiger partial charge in [-0.05, 0) is 65.8 Å². The van der Waals surface area contributed by atoms with E-state index in [1.54, 1.807) is 41.3 Å². The highest BCUT2D eigenvalue weighted by atomic mass is 35.5. The van der Waals surface area contributed by atoms with Crippen LogP contribution in [0.3, 0.4) is 0 Å². The van der Waals surface area contributed by atoms with E-state index in [1.165, 1.54) is 31.4 Å². The number of hydrogen-bond acceptors (Lipinski definition) is 3. The maximum atomic E-state index is 13.7. The predicted molar refractivity (Wildman–Crippen MR) is 135 cm³/mol. The lowest BCUT2D eigenvalue weighted by molar-refractivity contribution is -0.114. The summed E-state index contributed by atoms with van der Waals surface area (Å²) >= 11 is 12.2. The van der Waals surface area contributed by atoms with Crippen molar-refractivity contribution in [3.05, 3.63) is 99.0 Å². The molecule has 7 heteroatoms. The highest BCUT2D eigenvalue weighted by Crippen LogP contribution is 2.40. The van der Waals surface area contributed by atoms with Gasteiger partial charge in [0.1, 0.15) is 0 Å². The average molecular weight is 497 g/mol. The number of anilines is 1. The third kappa shape index (κ3) is 6.17. The summed E-state index contributed by atoms with van der Waals surface area (Å²) in [5.74, 6) is 0.00973. The first-order chi connectivity index (χ1) is 16.3. The second-order valence-electron chi connectivity index (χ2n) is 8.64. The Morgan fingerprint density at radius 3 is 2.26 bits per heavy atom. The number of carbonyl (C=O) groups excluding carboxylic acids is 2. The first kappa shape index (κ1) is 24.3. The van der Waals surface area contributed by atoms with Gasteiger partial charge in [0.15, 0.2) is 0 Å². The SMILES string of the molecule is CC(=O)Nc1ccc(Cl)cc1C(=O)N(Cc1ccc(C2CC2)cc1)C[C@H](O)c1ccc(Cl)cc1. The first-order valence-electron chi connectivity index (χ1n) is 11.2. The molecule has 34 heavy (non-hydrogen) atoms. The highest BCUT2D eigenvalue weighted by molar-refractivity contribution is 6.31. The largest absolute Gasteiger partial charge is 0.387 e. The van der Waals surface area contributed by atoms with Crippen molar-refractivity contribution < 1.29 is 14.7 Å². The molecule has 1 atom stereocenters. The molecular formula is C27H26Cl2N2O3. The number of benzene rings is 3. The van der Waals surface area contributed by atoms with E-state index in [1.807, 2.05) is 12.1 Å². The molecule has 3 aromatic carbocycles. The van der Waals surface area contributed by atoms with Gasteiger partial charge in [0, 0.05) is 23.5 Å². The number of amides is 2. The predicted octanol–water partition coefficient (Wildman–Crippen LogP) is 6.21.